The molecule has 2 aromatic rings. The SMILES string of the molecule is CN1CCN(c2cc(N)cc3ccoc23)CC1. The van der Waals surface area contributed by atoms with Crippen molar-refractivity contribution < 1.29 is 4.42 Å². The monoisotopic (exact) mass is 231 g/mol. The van der Waals surface area contributed by atoms with E-state index in [0.29, 0.717) is 0 Å². The lowest BCUT2D eigenvalue weighted by molar-refractivity contribution is 0.313. The number of hydrogen-bond donors (Lipinski definition) is 1. The molecule has 0 radical (unpaired) electrons. The standard InChI is InChI=1S/C13H17N3O/c1-15-3-5-16(6-4-15)12-9-11(14)8-10-2-7-17-13(10)12/h2,7-9H,3-6,14H2,1H3. The van der Waals surface area contributed by atoms with Gasteiger partial charge in [-0.05, 0) is 25.2 Å². The summed E-state index contributed by atoms with van der Waals surface area (Å²) in [6.07, 6.45) is 1.73. The Morgan fingerprint density at radius 2 is 1.94 bits per heavy atom. The van der Waals surface area contributed by atoms with E-state index in [1.807, 2.05) is 18.2 Å². The van der Waals surface area contributed by atoms with Crippen molar-refractivity contribution in [3.05, 3.63) is 24.5 Å². The maximum Gasteiger partial charge on any atom is 0.157 e. The lowest BCUT2D eigenvalue weighted by Gasteiger charge is -2.34. The fourth-order valence-corrected chi connectivity index (χ4v) is 2.37. The van der Waals surface area contributed by atoms with Crippen LogP contribution in [-0.4, -0.2) is 38.1 Å². The number of piperazine rings is 1. The summed E-state index contributed by atoms with van der Waals surface area (Å²) in [6.45, 7) is 4.21. The minimum absolute atomic E-state index is 0.799. The van der Waals surface area contributed by atoms with Gasteiger partial charge in [0, 0.05) is 37.3 Å². The largest absolute Gasteiger partial charge is 0.462 e. The minimum Gasteiger partial charge on any atom is -0.462 e. The quantitative estimate of drug-likeness (QED) is 0.760. The van der Waals surface area contributed by atoms with Crippen molar-refractivity contribution in [2.24, 2.45) is 0 Å². The fraction of sp³-hybridized carbons (Fsp3) is 0.385. The summed E-state index contributed by atoms with van der Waals surface area (Å²) in [5.41, 5.74) is 8.81. The first-order valence-corrected chi connectivity index (χ1v) is 5.94. The van der Waals surface area contributed by atoms with Gasteiger partial charge in [0.15, 0.2) is 5.58 Å². The molecule has 0 amide bonds. The molecule has 2 heterocycles. The Balaban J connectivity index is 2.01. The molecule has 0 bridgehead atoms. The lowest BCUT2D eigenvalue weighted by atomic mass is 10.1. The first-order valence-electron chi connectivity index (χ1n) is 5.94. The number of fused-ring (bicyclic) bond motifs is 1. The van der Waals surface area contributed by atoms with Crippen LogP contribution in [0.5, 0.6) is 0 Å². The summed E-state index contributed by atoms with van der Waals surface area (Å²) >= 11 is 0. The van der Waals surface area contributed by atoms with E-state index in [0.717, 1.165) is 48.5 Å². The summed E-state index contributed by atoms with van der Waals surface area (Å²) in [5.74, 6) is 0. The molecule has 3 rings (SSSR count). The molecule has 0 atom stereocenters. The second-order valence-corrected chi connectivity index (χ2v) is 4.67. The molecule has 1 aliphatic rings. The van der Waals surface area contributed by atoms with Crippen LogP contribution in [0, 0.1) is 0 Å². The van der Waals surface area contributed by atoms with Gasteiger partial charge in [0.05, 0.1) is 12.0 Å². The Bertz CT molecular complexity index is 526. The highest BCUT2D eigenvalue weighted by Gasteiger charge is 2.18. The van der Waals surface area contributed by atoms with Gasteiger partial charge >= 0.3 is 0 Å². The number of hydrogen-bond acceptors (Lipinski definition) is 4. The van der Waals surface area contributed by atoms with E-state index in [4.69, 9.17) is 10.2 Å². The van der Waals surface area contributed by atoms with Gasteiger partial charge in [-0.25, -0.2) is 0 Å². The zero-order chi connectivity index (χ0) is 11.8. The van der Waals surface area contributed by atoms with E-state index in [-0.39, 0.29) is 0 Å². The number of rotatable bonds is 1. The van der Waals surface area contributed by atoms with E-state index in [9.17, 15) is 0 Å². The third kappa shape index (κ3) is 1.85. The molecule has 0 spiro atoms. The zero-order valence-electron chi connectivity index (χ0n) is 10.0. The van der Waals surface area contributed by atoms with Gasteiger partial charge in [0.1, 0.15) is 0 Å². The molecule has 0 aliphatic carbocycles. The maximum atomic E-state index is 5.94. The van der Waals surface area contributed by atoms with Crippen LogP contribution < -0.4 is 10.6 Å². The summed E-state index contributed by atoms with van der Waals surface area (Å²) in [5, 5.41) is 1.08. The van der Waals surface area contributed by atoms with Gasteiger partial charge in [0.2, 0.25) is 0 Å². The molecule has 90 valence electrons. The highest BCUT2D eigenvalue weighted by atomic mass is 16.3. The van der Waals surface area contributed by atoms with Crippen molar-refractivity contribution in [3.8, 4) is 0 Å². The summed E-state index contributed by atoms with van der Waals surface area (Å²) < 4.78 is 5.57. The number of nitrogens with two attached hydrogens (primary N) is 1. The van der Waals surface area contributed by atoms with Gasteiger partial charge in [-0.2, -0.15) is 0 Å². The molecule has 2 N–H and O–H groups in total. The summed E-state index contributed by atoms with van der Waals surface area (Å²) in [7, 11) is 2.15. The Labute approximate surface area is 101 Å². The predicted octanol–water partition coefficient (Wildman–Crippen LogP) is 1.77. The van der Waals surface area contributed by atoms with E-state index in [1.165, 1.54) is 0 Å². The Morgan fingerprint density at radius 1 is 1.18 bits per heavy atom. The molecule has 1 aliphatic heterocycles. The van der Waals surface area contributed by atoms with Crippen LogP contribution in [0.4, 0.5) is 11.4 Å². The van der Waals surface area contributed by atoms with Crippen LogP contribution in [0.25, 0.3) is 11.0 Å². The zero-order valence-corrected chi connectivity index (χ0v) is 10.0. The van der Waals surface area contributed by atoms with Crippen molar-refractivity contribution >= 4 is 22.3 Å². The Morgan fingerprint density at radius 3 is 2.71 bits per heavy atom. The average Bonchev–Trinajstić information content (AvgIpc) is 2.77. The van der Waals surface area contributed by atoms with Crippen LogP contribution in [0.3, 0.4) is 0 Å². The number of nitrogen functional groups attached to an aromatic ring is 1. The Hall–Kier alpha value is -1.68. The first kappa shape index (κ1) is 10.5. The van der Waals surface area contributed by atoms with Gasteiger partial charge in [-0.1, -0.05) is 0 Å². The average molecular weight is 231 g/mol. The predicted molar refractivity (Wildman–Crippen MR) is 70.3 cm³/mol. The second-order valence-electron chi connectivity index (χ2n) is 4.67. The molecule has 0 unspecified atom stereocenters. The van der Waals surface area contributed by atoms with Crippen LogP contribution in [0.2, 0.25) is 0 Å². The van der Waals surface area contributed by atoms with E-state index < -0.39 is 0 Å². The smallest absolute Gasteiger partial charge is 0.157 e. The fourth-order valence-electron chi connectivity index (χ4n) is 2.37. The molecular weight excluding hydrogens is 214 g/mol. The van der Waals surface area contributed by atoms with Gasteiger partial charge < -0.3 is 20.0 Å². The molecule has 0 saturated carbocycles. The Kier molecular flexibility index (Phi) is 2.44. The number of likely N-dealkylation sites (N-methyl/N-ethyl adjacent to an activating group) is 1. The highest BCUT2D eigenvalue weighted by Crippen LogP contribution is 2.31. The number of nitrogens with zero attached hydrogens (tertiary/aromatic N) is 2. The normalized spacial score (nSPS) is 17.8. The molecule has 4 nitrogen and oxygen atoms in total. The van der Waals surface area contributed by atoms with Crippen LogP contribution >= 0.6 is 0 Å². The first-order chi connectivity index (χ1) is 8.24. The van der Waals surface area contributed by atoms with Crippen molar-refractivity contribution in [3.63, 3.8) is 0 Å². The topological polar surface area (TPSA) is 45.6 Å². The van der Waals surface area contributed by atoms with Crippen LogP contribution in [0.1, 0.15) is 0 Å². The van der Waals surface area contributed by atoms with Crippen LogP contribution in [0.15, 0.2) is 28.9 Å². The summed E-state index contributed by atoms with van der Waals surface area (Å²) in [4.78, 5) is 4.68. The van der Waals surface area contributed by atoms with Crippen molar-refractivity contribution in [2.75, 3.05) is 43.9 Å². The maximum absolute atomic E-state index is 5.94. The third-order valence-corrected chi connectivity index (χ3v) is 3.40. The molecule has 1 aromatic heterocycles. The van der Waals surface area contributed by atoms with Gasteiger partial charge in [-0.15, -0.1) is 0 Å². The second kappa shape index (κ2) is 3.96. The van der Waals surface area contributed by atoms with Crippen molar-refractivity contribution in [1.29, 1.82) is 0 Å². The van der Waals surface area contributed by atoms with Gasteiger partial charge in [-0.3, -0.25) is 0 Å². The van der Waals surface area contributed by atoms with Gasteiger partial charge in [0.25, 0.3) is 0 Å². The molecule has 4 heteroatoms. The van der Waals surface area contributed by atoms with Crippen LogP contribution in [-0.2, 0) is 0 Å². The minimum atomic E-state index is 0.799. The third-order valence-electron chi connectivity index (χ3n) is 3.40. The van der Waals surface area contributed by atoms with E-state index in [2.05, 4.69) is 16.8 Å². The van der Waals surface area contributed by atoms with Crippen molar-refractivity contribution in [1.82, 2.24) is 4.90 Å². The van der Waals surface area contributed by atoms with Crippen molar-refractivity contribution in [2.45, 2.75) is 0 Å². The number of furan rings is 1. The highest BCUT2D eigenvalue weighted by molar-refractivity contribution is 5.92. The van der Waals surface area contributed by atoms with E-state index >= 15 is 0 Å². The van der Waals surface area contributed by atoms with E-state index in [1.54, 1.807) is 6.26 Å². The summed E-state index contributed by atoms with van der Waals surface area (Å²) in [6, 6.07) is 5.93. The molecule has 1 aromatic carbocycles. The number of anilines is 2. The number of benzene rings is 1. The molecular formula is C13H17N3O. The lowest BCUT2D eigenvalue weighted by Crippen LogP contribution is -2.44. The molecule has 17 heavy (non-hydrogen) atoms. The molecule has 1 saturated heterocycles. The molecule has 1 fully saturated rings.